The Kier molecular flexibility index (Phi) is 3.87. The summed E-state index contributed by atoms with van der Waals surface area (Å²) in [6.07, 6.45) is -2.12. The number of aliphatic hydroxyl groups excluding tert-OH is 2. The van der Waals surface area contributed by atoms with E-state index in [1.807, 2.05) is 0 Å². The third-order valence-corrected chi connectivity index (χ3v) is 1.29. The molecule has 0 saturated carbocycles. The van der Waals surface area contributed by atoms with Crippen molar-refractivity contribution in [1.29, 1.82) is 0 Å². The van der Waals surface area contributed by atoms with E-state index in [0.29, 0.717) is 0 Å². The average molecular weight is 168 g/mol. The SMILES string of the molecule is CCC(O)C(O)C[N+](O)(O)O. The molecule has 0 aliphatic rings. The van der Waals surface area contributed by atoms with Gasteiger partial charge in [-0.05, 0) is 6.42 Å². The molecule has 0 rings (SSSR count). The first-order chi connectivity index (χ1) is 4.87. The molecule has 6 nitrogen and oxygen atoms in total. The zero-order valence-electron chi connectivity index (χ0n) is 6.25. The summed E-state index contributed by atoms with van der Waals surface area (Å²) < 4.78 is 0. The van der Waals surface area contributed by atoms with Crippen LogP contribution in [0.1, 0.15) is 13.3 Å². The summed E-state index contributed by atoms with van der Waals surface area (Å²) in [5.74, 6) is 0. The maximum atomic E-state index is 8.91. The zero-order chi connectivity index (χ0) is 9.07. The molecule has 0 radical (unpaired) electrons. The van der Waals surface area contributed by atoms with Gasteiger partial charge in [-0.15, -0.1) is 15.6 Å². The van der Waals surface area contributed by atoms with Gasteiger partial charge in [0, 0.05) is 0 Å². The van der Waals surface area contributed by atoms with E-state index >= 15 is 0 Å². The lowest BCUT2D eigenvalue weighted by Crippen LogP contribution is -2.47. The Morgan fingerprint density at radius 2 is 1.55 bits per heavy atom. The minimum absolute atomic E-state index is 0.279. The van der Waals surface area contributed by atoms with Crippen LogP contribution in [-0.2, 0) is 0 Å². The summed E-state index contributed by atoms with van der Waals surface area (Å²) in [6.45, 7) is 0.879. The Morgan fingerprint density at radius 3 is 1.82 bits per heavy atom. The van der Waals surface area contributed by atoms with Crippen molar-refractivity contribution in [2.45, 2.75) is 25.6 Å². The van der Waals surface area contributed by atoms with Crippen LogP contribution in [0.5, 0.6) is 0 Å². The monoisotopic (exact) mass is 168 g/mol. The molecule has 0 aliphatic carbocycles. The van der Waals surface area contributed by atoms with Gasteiger partial charge in [-0.1, -0.05) is 6.92 Å². The maximum Gasteiger partial charge on any atom is 0.205 e. The topological polar surface area (TPSA) is 101 Å². The fraction of sp³-hybridized carbons (Fsp3) is 1.00. The largest absolute Gasteiger partial charge is 0.390 e. The van der Waals surface area contributed by atoms with Crippen molar-refractivity contribution in [2.24, 2.45) is 0 Å². The predicted molar refractivity (Wildman–Crippen MR) is 32.8 cm³/mol. The second-order valence-corrected chi connectivity index (χ2v) is 2.42. The highest BCUT2D eigenvalue weighted by Crippen LogP contribution is 2.01. The van der Waals surface area contributed by atoms with E-state index in [0.717, 1.165) is 0 Å². The highest BCUT2D eigenvalue weighted by atomic mass is 17.1. The van der Waals surface area contributed by atoms with Crippen LogP contribution in [0.25, 0.3) is 0 Å². The van der Waals surface area contributed by atoms with Gasteiger partial charge in [0.1, 0.15) is 6.10 Å². The second kappa shape index (κ2) is 3.96. The van der Waals surface area contributed by atoms with Gasteiger partial charge in [-0.3, -0.25) is 0 Å². The van der Waals surface area contributed by atoms with Crippen LogP contribution in [0.3, 0.4) is 0 Å². The minimum atomic E-state index is -2.32. The van der Waals surface area contributed by atoms with Crippen molar-refractivity contribution in [3.8, 4) is 0 Å². The molecule has 68 valence electrons. The first kappa shape index (κ1) is 10.8. The normalized spacial score (nSPS) is 18.0. The van der Waals surface area contributed by atoms with Crippen LogP contribution >= 0.6 is 0 Å². The van der Waals surface area contributed by atoms with E-state index in [1.165, 1.54) is 0 Å². The van der Waals surface area contributed by atoms with Gasteiger partial charge < -0.3 is 10.2 Å². The molecule has 5 N–H and O–H groups in total. The van der Waals surface area contributed by atoms with Crippen LogP contribution < -0.4 is 0 Å². The highest BCUT2D eigenvalue weighted by Gasteiger charge is 2.28. The first-order valence-corrected chi connectivity index (χ1v) is 3.29. The van der Waals surface area contributed by atoms with Crippen molar-refractivity contribution < 1.29 is 30.8 Å². The van der Waals surface area contributed by atoms with E-state index in [-0.39, 0.29) is 6.42 Å². The third-order valence-electron chi connectivity index (χ3n) is 1.29. The summed E-state index contributed by atoms with van der Waals surface area (Å²) in [5, 5.41) is 42.7. The molecule has 0 fully saturated rings. The van der Waals surface area contributed by atoms with Crippen molar-refractivity contribution in [1.82, 2.24) is 0 Å². The molecular formula is C5H14NO5+. The summed E-state index contributed by atoms with van der Waals surface area (Å²) in [5.41, 5.74) is 0. The van der Waals surface area contributed by atoms with Crippen LogP contribution in [0, 0.1) is 0 Å². The number of quaternary nitrogens is 1. The molecule has 0 aromatic heterocycles. The first-order valence-electron chi connectivity index (χ1n) is 3.29. The Bertz CT molecular complexity index is 112. The summed E-state index contributed by atoms with van der Waals surface area (Å²) >= 11 is 0. The van der Waals surface area contributed by atoms with Gasteiger partial charge in [0.05, 0.1) is 11.1 Å². The number of rotatable bonds is 4. The molecule has 0 aliphatic heterocycles. The number of nitrogens with zero attached hydrogens (tertiary/aromatic N) is 1. The summed E-state index contributed by atoms with van der Waals surface area (Å²) in [4.78, 5) is -2.32. The molecular weight excluding hydrogens is 154 g/mol. The van der Waals surface area contributed by atoms with Gasteiger partial charge in [-0.25, -0.2) is 0 Å². The minimum Gasteiger partial charge on any atom is -0.390 e. The van der Waals surface area contributed by atoms with Gasteiger partial charge in [0.25, 0.3) is 0 Å². The molecule has 0 aromatic rings. The lowest BCUT2D eigenvalue weighted by atomic mass is 10.1. The molecule has 0 amide bonds. The fourth-order valence-electron chi connectivity index (χ4n) is 0.645. The van der Waals surface area contributed by atoms with Crippen LogP contribution in [0.15, 0.2) is 0 Å². The Hall–Kier alpha value is -0.240. The number of hydroxylamine groups is 3. The van der Waals surface area contributed by atoms with Gasteiger partial charge in [0.2, 0.25) is 6.54 Å². The molecule has 6 heteroatoms. The second-order valence-electron chi connectivity index (χ2n) is 2.42. The van der Waals surface area contributed by atoms with Crippen LogP contribution in [0.2, 0.25) is 0 Å². The summed E-state index contributed by atoms with van der Waals surface area (Å²) in [7, 11) is 0. The molecule has 11 heavy (non-hydrogen) atoms. The van der Waals surface area contributed by atoms with Crippen molar-refractivity contribution in [3.05, 3.63) is 0 Å². The van der Waals surface area contributed by atoms with Crippen LogP contribution in [-0.4, -0.2) is 49.6 Å². The Balaban J connectivity index is 3.77. The number of hydrogen-bond donors (Lipinski definition) is 5. The van der Waals surface area contributed by atoms with Crippen molar-refractivity contribution in [2.75, 3.05) is 6.54 Å². The molecule has 0 bridgehead atoms. The van der Waals surface area contributed by atoms with E-state index in [9.17, 15) is 0 Å². The summed E-state index contributed by atoms with van der Waals surface area (Å²) in [6, 6.07) is 0. The maximum absolute atomic E-state index is 8.91. The third kappa shape index (κ3) is 5.08. The quantitative estimate of drug-likeness (QED) is 0.277. The molecule has 0 spiro atoms. The van der Waals surface area contributed by atoms with E-state index < -0.39 is 23.7 Å². The molecule has 2 unspecified atom stereocenters. The Labute approximate surface area is 64.0 Å². The fourth-order valence-corrected chi connectivity index (χ4v) is 0.645. The average Bonchev–Trinajstić information content (AvgIpc) is 1.82. The Morgan fingerprint density at radius 1 is 1.09 bits per heavy atom. The number of aliphatic hydroxyl groups is 2. The number of hydrogen-bond acceptors (Lipinski definition) is 5. The van der Waals surface area contributed by atoms with Crippen LogP contribution in [0.4, 0.5) is 0 Å². The zero-order valence-corrected chi connectivity index (χ0v) is 6.25. The van der Waals surface area contributed by atoms with E-state index in [4.69, 9.17) is 25.8 Å². The molecule has 0 saturated heterocycles. The van der Waals surface area contributed by atoms with Gasteiger partial charge >= 0.3 is 0 Å². The highest BCUT2D eigenvalue weighted by molar-refractivity contribution is 4.62. The van der Waals surface area contributed by atoms with Crippen molar-refractivity contribution >= 4 is 0 Å². The van der Waals surface area contributed by atoms with Gasteiger partial charge in [0.15, 0.2) is 0 Å². The molecule has 0 aromatic carbocycles. The molecule has 0 heterocycles. The van der Waals surface area contributed by atoms with Crippen molar-refractivity contribution in [3.63, 3.8) is 0 Å². The van der Waals surface area contributed by atoms with E-state index in [2.05, 4.69) is 0 Å². The standard InChI is InChI=1S/C5H14NO5/c1-2-4(7)5(8)3-6(9,10)11/h4-5,7-11H,2-3H2,1H3/q+1. The lowest BCUT2D eigenvalue weighted by molar-refractivity contribution is -1.37. The predicted octanol–water partition coefficient (Wildman–Crippen LogP) is -0.897. The van der Waals surface area contributed by atoms with Gasteiger partial charge in [-0.2, -0.15) is 0 Å². The van der Waals surface area contributed by atoms with E-state index in [1.54, 1.807) is 6.92 Å². The smallest absolute Gasteiger partial charge is 0.205 e. The molecule has 2 atom stereocenters. The lowest BCUT2D eigenvalue weighted by Gasteiger charge is -2.18.